The Morgan fingerprint density at radius 3 is 2.19 bits per heavy atom. The molecule has 1 aromatic carbocycles. The summed E-state index contributed by atoms with van der Waals surface area (Å²) >= 11 is 0. The molecule has 82 valence electrons. The van der Waals surface area contributed by atoms with Crippen molar-refractivity contribution in [2.75, 3.05) is 0 Å². The molecule has 0 aliphatic heterocycles. The van der Waals surface area contributed by atoms with Gasteiger partial charge in [-0.3, -0.25) is 4.79 Å². The molecule has 16 heavy (non-hydrogen) atoms. The Labute approximate surface area is 113 Å². The van der Waals surface area contributed by atoms with Crippen molar-refractivity contribution in [3.8, 4) is 17.2 Å². The van der Waals surface area contributed by atoms with Crippen LogP contribution in [-0.4, -0.2) is 29.5 Å². The number of hydrogen-bond donors (Lipinski definition) is 2. The topological polar surface area (TPSA) is 124 Å². The molecule has 0 bridgehead atoms. The number of benzene rings is 1. The molecule has 0 amide bonds. The molecule has 0 spiro atoms. The monoisotopic (exact) mass is 256 g/mol. The Morgan fingerprint density at radius 2 is 1.75 bits per heavy atom. The molecule has 0 atom stereocenters. The van der Waals surface area contributed by atoms with Crippen molar-refractivity contribution in [3.63, 3.8) is 0 Å². The quantitative estimate of drug-likeness (QED) is 0.191. The Morgan fingerprint density at radius 1 is 1.25 bits per heavy atom. The summed E-state index contributed by atoms with van der Waals surface area (Å²) < 4.78 is 34.5. The normalized spacial score (nSPS) is 10.3. The van der Waals surface area contributed by atoms with Crippen LogP contribution in [0.15, 0.2) is 12.1 Å². The van der Waals surface area contributed by atoms with Crippen LogP contribution in [0, 0.1) is 0 Å². The van der Waals surface area contributed by atoms with Gasteiger partial charge in [-0.15, -0.1) is 0 Å². The van der Waals surface area contributed by atoms with Crippen LogP contribution < -0.4 is 33.7 Å². The number of aromatic hydroxyl groups is 2. The van der Waals surface area contributed by atoms with Crippen LogP contribution in [0.4, 0.5) is 0 Å². The summed E-state index contributed by atoms with van der Waals surface area (Å²) in [6.45, 7) is 0. The van der Waals surface area contributed by atoms with Crippen LogP contribution in [-0.2, 0) is 10.4 Å². The van der Waals surface area contributed by atoms with E-state index in [0.29, 0.717) is 0 Å². The van der Waals surface area contributed by atoms with Crippen molar-refractivity contribution in [2.24, 2.45) is 0 Å². The second kappa shape index (κ2) is 5.51. The van der Waals surface area contributed by atoms with Gasteiger partial charge in [0.05, 0.1) is 0 Å². The molecular formula is C7H5NaO7S. The zero-order chi connectivity index (χ0) is 11.6. The van der Waals surface area contributed by atoms with Gasteiger partial charge >= 0.3 is 29.6 Å². The largest absolute Gasteiger partial charge is 1.00 e. The molecule has 1 rings (SSSR count). The van der Waals surface area contributed by atoms with Crippen molar-refractivity contribution in [2.45, 2.75) is 0 Å². The number of aldehydes is 1. The van der Waals surface area contributed by atoms with Gasteiger partial charge in [-0.25, -0.2) is 8.42 Å². The van der Waals surface area contributed by atoms with Crippen molar-refractivity contribution < 1.29 is 61.7 Å². The van der Waals surface area contributed by atoms with Gasteiger partial charge in [-0.2, -0.15) is 0 Å². The fourth-order valence-corrected chi connectivity index (χ4v) is 1.26. The van der Waals surface area contributed by atoms with E-state index < -0.39 is 33.2 Å². The third-order valence-electron chi connectivity index (χ3n) is 1.46. The number of carbonyl (C=O) groups is 1. The Bertz CT molecular complexity index is 496. The van der Waals surface area contributed by atoms with Crippen LogP contribution >= 0.6 is 0 Å². The number of rotatable bonds is 3. The SMILES string of the molecule is O=Cc1c(O)ccc(O)c1OS(=O)(=O)[O-].[Na+]. The van der Waals surface area contributed by atoms with Crippen molar-refractivity contribution in [1.29, 1.82) is 0 Å². The summed E-state index contributed by atoms with van der Waals surface area (Å²) in [7, 11) is -5.13. The van der Waals surface area contributed by atoms with Crippen LogP contribution in [0.2, 0.25) is 0 Å². The molecule has 9 heteroatoms. The zero-order valence-corrected chi connectivity index (χ0v) is 10.9. The van der Waals surface area contributed by atoms with Gasteiger partial charge in [0.2, 0.25) is 0 Å². The molecule has 1 aromatic rings. The van der Waals surface area contributed by atoms with Crippen LogP contribution in [0.3, 0.4) is 0 Å². The maximum atomic E-state index is 10.4. The summed E-state index contributed by atoms with van der Waals surface area (Å²) in [6, 6.07) is 1.83. The first kappa shape index (κ1) is 15.2. The average molecular weight is 256 g/mol. The number of phenols is 2. The van der Waals surface area contributed by atoms with E-state index in [2.05, 4.69) is 4.18 Å². The second-order valence-electron chi connectivity index (χ2n) is 2.46. The Hall–Kier alpha value is -0.800. The van der Waals surface area contributed by atoms with E-state index in [9.17, 15) is 17.8 Å². The second-order valence-corrected chi connectivity index (χ2v) is 3.44. The van der Waals surface area contributed by atoms with Crippen molar-refractivity contribution in [3.05, 3.63) is 17.7 Å². The fraction of sp³-hybridized carbons (Fsp3) is 0. The van der Waals surface area contributed by atoms with Gasteiger partial charge in [-0.1, -0.05) is 0 Å². The molecule has 0 unspecified atom stereocenters. The van der Waals surface area contributed by atoms with E-state index in [0.717, 1.165) is 12.1 Å². The summed E-state index contributed by atoms with van der Waals surface area (Å²) in [5.41, 5.74) is -0.616. The average Bonchev–Trinajstić information content (AvgIpc) is 2.10. The zero-order valence-electron chi connectivity index (χ0n) is 8.08. The van der Waals surface area contributed by atoms with Crippen molar-refractivity contribution in [1.82, 2.24) is 0 Å². The summed E-state index contributed by atoms with van der Waals surface area (Å²) in [6.07, 6.45) is 0.0512. The molecule has 0 aliphatic carbocycles. The molecule has 7 nitrogen and oxygen atoms in total. The predicted octanol–water partition coefficient (Wildman–Crippen LogP) is -3.25. The van der Waals surface area contributed by atoms with E-state index in [1.54, 1.807) is 0 Å². The van der Waals surface area contributed by atoms with Crippen LogP contribution in [0.25, 0.3) is 0 Å². The molecule has 0 aromatic heterocycles. The molecule has 0 saturated heterocycles. The van der Waals surface area contributed by atoms with Gasteiger partial charge in [0, 0.05) is 0 Å². The minimum absolute atomic E-state index is 0. The summed E-state index contributed by atoms with van der Waals surface area (Å²) in [5.74, 6) is -2.24. The summed E-state index contributed by atoms with van der Waals surface area (Å²) in [4.78, 5) is 10.4. The first-order valence-electron chi connectivity index (χ1n) is 3.50. The molecule has 0 fully saturated rings. The van der Waals surface area contributed by atoms with Gasteiger partial charge in [0.25, 0.3) is 10.4 Å². The molecule has 0 aliphatic rings. The van der Waals surface area contributed by atoms with E-state index >= 15 is 0 Å². The Balaban J connectivity index is 0.00000225. The predicted molar refractivity (Wildman–Crippen MR) is 45.5 cm³/mol. The third-order valence-corrected chi connectivity index (χ3v) is 1.83. The molecule has 0 radical (unpaired) electrons. The number of hydrogen-bond acceptors (Lipinski definition) is 7. The van der Waals surface area contributed by atoms with Crippen molar-refractivity contribution >= 4 is 16.7 Å². The first-order chi connectivity index (χ1) is 6.85. The minimum atomic E-state index is -5.13. The molecular weight excluding hydrogens is 251 g/mol. The van der Waals surface area contributed by atoms with E-state index in [4.69, 9.17) is 10.2 Å². The number of carbonyl (C=O) groups excluding carboxylic acids is 1. The molecule has 0 heterocycles. The van der Waals surface area contributed by atoms with Gasteiger partial charge < -0.3 is 18.9 Å². The molecule has 0 saturated carbocycles. The first-order valence-corrected chi connectivity index (χ1v) is 4.84. The van der Waals surface area contributed by atoms with Gasteiger partial charge in [-0.05, 0) is 12.1 Å². The van der Waals surface area contributed by atoms with E-state index in [-0.39, 0.29) is 35.8 Å². The summed E-state index contributed by atoms with van der Waals surface area (Å²) in [5, 5.41) is 18.2. The van der Waals surface area contributed by atoms with Gasteiger partial charge in [0.1, 0.15) is 11.3 Å². The van der Waals surface area contributed by atoms with E-state index in [1.165, 1.54) is 0 Å². The van der Waals surface area contributed by atoms with Crippen LogP contribution in [0.1, 0.15) is 10.4 Å². The fourth-order valence-electron chi connectivity index (χ4n) is 0.881. The molecule has 2 N–H and O–H groups in total. The maximum absolute atomic E-state index is 10.4. The van der Waals surface area contributed by atoms with Crippen LogP contribution in [0.5, 0.6) is 17.2 Å². The maximum Gasteiger partial charge on any atom is 1.00 e. The smallest absolute Gasteiger partial charge is 0.716 e. The van der Waals surface area contributed by atoms with E-state index in [1.807, 2.05) is 0 Å². The standard InChI is InChI=1S/C7H6O7S.Na/c8-3-4-5(9)1-2-6(10)7(4)14-15(11,12)13;/h1-3,9-10H,(H,11,12,13);/q;+1/p-1. The number of phenolic OH excluding ortho intramolecular Hbond substituents is 2. The third kappa shape index (κ3) is 3.65. The van der Waals surface area contributed by atoms with Gasteiger partial charge in [0.15, 0.2) is 17.8 Å². The Kier molecular flexibility index (Phi) is 5.23. The minimum Gasteiger partial charge on any atom is -0.716 e.